The molecule has 1 fully saturated rings. The van der Waals surface area contributed by atoms with Crippen LogP contribution >= 0.6 is 23.2 Å². The quantitative estimate of drug-likeness (QED) is 0.279. The van der Waals surface area contributed by atoms with E-state index < -0.39 is 23.5 Å². The van der Waals surface area contributed by atoms with Crippen molar-refractivity contribution in [2.24, 2.45) is 0 Å². The Balaban J connectivity index is 1.97. The number of furan rings is 1. The molecule has 176 valence electrons. The maximum absolute atomic E-state index is 13.2. The summed E-state index contributed by atoms with van der Waals surface area (Å²) in [6.45, 7) is 0. The fourth-order valence-electron chi connectivity index (χ4n) is 3.88. The highest BCUT2D eigenvalue weighted by atomic mass is 35.5. The Morgan fingerprint density at radius 1 is 1.00 bits per heavy atom. The van der Waals surface area contributed by atoms with Gasteiger partial charge >= 0.3 is 0 Å². The first-order valence-corrected chi connectivity index (χ1v) is 10.7. The van der Waals surface area contributed by atoms with E-state index in [4.69, 9.17) is 41.8 Å². The number of carbonyl (C=O) groups is 2. The van der Waals surface area contributed by atoms with E-state index in [1.165, 1.54) is 44.6 Å². The predicted octanol–water partition coefficient (Wildman–Crippen LogP) is 5.24. The van der Waals surface area contributed by atoms with Crippen molar-refractivity contribution in [2.75, 3.05) is 26.2 Å². The summed E-state index contributed by atoms with van der Waals surface area (Å²) < 4.78 is 21.5. The molecule has 0 bridgehead atoms. The molecule has 0 aliphatic carbocycles. The van der Waals surface area contributed by atoms with Gasteiger partial charge in [-0.1, -0.05) is 23.2 Å². The van der Waals surface area contributed by atoms with Crippen LogP contribution in [0.4, 0.5) is 5.69 Å². The molecule has 34 heavy (non-hydrogen) atoms. The van der Waals surface area contributed by atoms with E-state index in [9.17, 15) is 14.7 Å². The Morgan fingerprint density at radius 3 is 2.35 bits per heavy atom. The van der Waals surface area contributed by atoms with Crippen molar-refractivity contribution in [1.29, 1.82) is 0 Å². The number of aliphatic hydroxyl groups is 1. The number of amides is 1. The van der Waals surface area contributed by atoms with Crippen LogP contribution in [-0.2, 0) is 9.59 Å². The third-order valence-corrected chi connectivity index (χ3v) is 5.87. The average molecular weight is 504 g/mol. The number of nitrogens with zero attached hydrogens (tertiary/aromatic N) is 1. The Morgan fingerprint density at radius 2 is 1.74 bits per heavy atom. The number of methoxy groups -OCH3 is 3. The summed E-state index contributed by atoms with van der Waals surface area (Å²) >= 11 is 12.4. The maximum atomic E-state index is 13.2. The number of rotatable bonds is 6. The van der Waals surface area contributed by atoms with Crippen molar-refractivity contribution in [3.63, 3.8) is 0 Å². The van der Waals surface area contributed by atoms with Crippen molar-refractivity contribution in [3.05, 3.63) is 75.7 Å². The molecule has 2 heterocycles. The number of anilines is 1. The molecule has 1 aliphatic heterocycles. The van der Waals surface area contributed by atoms with Gasteiger partial charge in [0.2, 0.25) is 0 Å². The second-order valence-corrected chi connectivity index (χ2v) is 8.04. The van der Waals surface area contributed by atoms with E-state index in [1.807, 2.05) is 0 Å². The zero-order valence-corrected chi connectivity index (χ0v) is 19.8. The molecule has 1 N–H and O–H groups in total. The Bertz CT molecular complexity index is 1300. The number of ketones is 1. The van der Waals surface area contributed by atoms with E-state index in [2.05, 4.69) is 0 Å². The first-order valence-electron chi connectivity index (χ1n) is 9.92. The lowest BCUT2D eigenvalue weighted by molar-refractivity contribution is -0.132. The number of benzene rings is 2. The van der Waals surface area contributed by atoms with Crippen LogP contribution in [0.15, 0.2) is 58.7 Å². The zero-order chi connectivity index (χ0) is 24.6. The Kier molecular flexibility index (Phi) is 6.45. The normalized spacial score (nSPS) is 17.2. The minimum Gasteiger partial charge on any atom is -0.507 e. The van der Waals surface area contributed by atoms with Crippen molar-refractivity contribution < 1.29 is 33.3 Å². The Hall–Kier alpha value is -3.62. The number of hydrogen-bond donors (Lipinski definition) is 1. The molecule has 1 aromatic heterocycles. The van der Waals surface area contributed by atoms with Crippen LogP contribution < -0.4 is 19.1 Å². The summed E-state index contributed by atoms with van der Waals surface area (Å²) in [6, 6.07) is 9.70. The third-order valence-electron chi connectivity index (χ3n) is 5.37. The highest BCUT2D eigenvalue weighted by molar-refractivity contribution is 6.51. The molecule has 3 aromatic rings. The SMILES string of the molecule is COc1ccc(N2C(=O)C(=O)/C(=C(\O)c3cc(Cl)cc(Cl)c3OC)C2c2ccco2)cc1OC. The van der Waals surface area contributed by atoms with Gasteiger partial charge in [-0.25, -0.2) is 0 Å². The number of aliphatic hydroxyl groups excluding tert-OH is 1. The fraction of sp³-hybridized carbons (Fsp3) is 0.167. The van der Waals surface area contributed by atoms with Crippen LogP contribution in [0.2, 0.25) is 10.0 Å². The van der Waals surface area contributed by atoms with E-state index in [-0.39, 0.29) is 32.7 Å². The number of hydrogen-bond acceptors (Lipinski definition) is 7. The summed E-state index contributed by atoms with van der Waals surface area (Å²) in [5.41, 5.74) is 0.171. The summed E-state index contributed by atoms with van der Waals surface area (Å²) in [5.74, 6) is -1.17. The molecule has 0 spiro atoms. The van der Waals surface area contributed by atoms with Crippen molar-refractivity contribution in [1.82, 2.24) is 0 Å². The van der Waals surface area contributed by atoms with Gasteiger partial charge in [0.25, 0.3) is 11.7 Å². The van der Waals surface area contributed by atoms with Crippen molar-refractivity contribution in [2.45, 2.75) is 6.04 Å². The summed E-state index contributed by atoms with van der Waals surface area (Å²) in [4.78, 5) is 27.7. The number of carbonyl (C=O) groups excluding carboxylic acids is 2. The lowest BCUT2D eigenvalue weighted by Crippen LogP contribution is -2.29. The minimum absolute atomic E-state index is 0.0573. The van der Waals surface area contributed by atoms with E-state index >= 15 is 0 Å². The van der Waals surface area contributed by atoms with Crippen LogP contribution in [0.3, 0.4) is 0 Å². The van der Waals surface area contributed by atoms with Gasteiger partial charge in [0.1, 0.15) is 23.3 Å². The molecule has 0 saturated carbocycles. The van der Waals surface area contributed by atoms with Crippen molar-refractivity contribution in [3.8, 4) is 17.2 Å². The molecule has 4 rings (SSSR count). The van der Waals surface area contributed by atoms with Crippen LogP contribution in [0.1, 0.15) is 17.4 Å². The largest absolute Gasteiger partial charge is 0.507 e. The van der Waals surface area contributed by atoms with Crippen LogP contribution in [0, 0.1) is 0 Å². The summed E-state index contributed by atoms with van der Waals surface area (Å²) in [6.07, 6.45) is 1.40. The van der Waals surface area contributed by atoms with Gasteiger partial charge in [0, 0.05) is 16.8 Å². The van der Waals surface area contributed by atoms with Gasteiger partial charge in [-0.3, -0.25) is 14.5 Å². The van der Waals surface area contributed by atoms with Crippen molar-refractivity contribution >= 4 is 46.3 Å². The number of ether oxygens (including phenoxy) is 3. The highest BCUT2D eigenvalue weighted by Gasteiger charge is 2.48. The van der Waals surface area contributed by atoms with Crippen LogP contribution in [-0.4, -0.2) is 38.1 Å². The van der Waals surface area contributed by atoms with Gasteiger partial charge in [-0.15, -0.1) is 0 Å². The number of Topliss-reactive ketones (excluding diaryl/α,β-unsaturated/α-hetero) is 1. The first-order chi connectivity index (χ1) is 16.3. The van der Waals surface area contributed by atoms with E-state index in [1.54, 1.807) is 30.3 Å². The molecule has 0 radical (unpaired) electrons. The third kappa shape index (κ3) is 3.85. The lowest BCUT2D eigenvalue weighted by Gasteiger charge is -2.24. The van der Waals surface area contributed by atoms with Crippen LogP contribution in [0.5, 0.6) is 17.2 Å². The second kappa shape index (κ2) is 9.32. The van der Waals surface area contributed by atoms with E-state index in [0.29, 0.717) is 17.2 Å². The monoisotopic (exact) mass is 503 g/mol. The highest BCUT2D eigenvalue weighted by Crippen LogP contribution is 2.46. The summed E-state index contributed by atoms with van der Waals surface area (Å²) in [7, 11) is 4.29. The number of halogens is 2. The van der Waals surface area contributed by atoms with Gasteiger partial charge in [0.05, 0.1) is 43.8 Å². The minimum atomic E-state index is -1.09. The first kappa shape index (κ1) is 23.5. The van der Waals surface area contributed by atoms with Gasteiger partial charge in [0.15, 0.2) is 11.5 Å². The van der Waals surface area contributed by atoms with E-state index in [0.717, 1.165) is 0 Å². The smallest absolute Gasteiger partial charge is 0.300 e. The molecule has 1 saturated heterocycles. The second-order valence-electron chi connectivity index (χ2n) is 7.19. The summed E-state index contributed by atoms with van der Waals surface area (Å²) in [5, 5.41) is 11.6. The lowest BCUT2D eigenvalue weighted by atomic mass is 9.98. The fourth-order valence-corrected chi connectivity index (χ4v) is 4.45. The molecule has 1 amide bonds. The molecular formula is C24H19Cl2NO7. The molecular weight excluding hydrogens is 485 g/mol. The average Bonchev–Trinajstić information content (AvgIpc) is 3.44. The molecule has 1 atom stereocenters. The topological polar surface area (TPSA) is 98.4 Å². The molecule has 8 nitrogen and oxygen atoms in total. The predicted molar refractivity (Wildman–Crippen MR) is 126 cm³/mol. The molecule has 1 aliphatic rings. The molecule has 2 aromatic carbocycles. The maximum Gasteiger partial charge on any atom is 0.300 e. The van der Waals surface area contributed by atoms with Gasteiger partial charge in [-0.2, -0.15) is 0 Å². The zero-order valence-electron chi connectivity index (χ0n) is 18.3. The molecule has 10 heteroatoms. The Labute approximate surface area is 204 Å². The van der Waals surface area contributed by atoms with Crippen LogP contribution in [0.25, 0.3) is 5.76 Å². The standard InChI is InChI=1S/C24H19Cl2NO7/c1-31-16-7-6-13(11-18(16)32-2)27-20(17-5-4-8-34-17)19(22(29)24(27)30)21(28)14-9-12(25)10-15(26)23(14)33-3/h4-11,20,28H,1-3H3/b21-19-. The van der Waals surface area contributed by atoms with Gasteiger partial charge in [-0.05, 0) is 36.4 Å². The van der Waals surface area contributed by atoms with Gasteiger partial charge < -0.3 is 23.7 Å². The molecule has 1 unspecified atom stereocenters.